The standard InChI is InChI=1S/C45H28N4/c1-2-14-30(15-3-1)48-40-23-11-13-29-12-10-19-34(43(29)40)35-25-26-41-44(45(35)48)36-18-6-9-22-39(36)49(41)42-27-24-31(28-46-42)47-37-20-7-4-16-32(37)33-17-5-8-21-38(33)47/h1-28H. The predicted molar refractivity (Wildman–Crippen MR) is 204 cm³/mol. The Bertz CT molecular complexity index is 2870. The van der Waals surface area contributed by atoms with Crippen LogP contribution in [0.25, 0.3) is 77.0 Å². The molecule has 4 nitrogen and oxygen atoms in total. The van der Waals surface area contributed by atoms with Crippen LogP contribution in [-0.2, 0) is 0 Å². The molecule has 0 saturated heterocycles. The zero-order chi connectivity index (χ0) is 32.1. The Morgan fingerprint density at radius 1 is 0.388 bits per heavy atom. The highest BCUT2D eigenvalue weighted by atomic mass is 15.2. The normalized spacial score (nSPS) is 12.4. The topological polar surface area (TPSA) is 26.0 Å². The minimum absolute atomic E-state index is 0.889. The van der Waals surface area contributed by atoms with Gasteiger partial charge in [-0.25, -0.2) is 4.98 Å². The Balaban J connectivity index is 1.18. The number of pyridine rings is 1. The van der Waals surface area contributed by atoms with Gasteiger partial charge in [0.2, 0.25) is 0 Å². The zero-order valence-corrected chi connectivity index (χ0v) is 26.5. The second-order valence-electron chi connectivity index (χ2n) is 12.8. The van der Waals surface area contributed by atoms with Gasteiger partial charge in [-0.3, -0.25) is 4.57 Å². The number of fused-ring (bicyclic) bond motifs is 9. The average Bonchev–Trinajstić information content (AvgIpc) is 3.69. The number of rotatable bonds is 3. The Morgan fingerprint density at radius 3 is 1.76 bits per heavy atom. The number of hydrogen-bond donors (Lipinski definition) is 0. The molecule has 0 unspecified atom stereocenters. The molecule has 7 aromatic carbocycles. The van der Waals surface area contributed by atoms with Gasteiger partial charge in [0.05, 0.1) is 45.3 Å². The summed E-state index contributed by atoms with van der Waals surface area (Å²) in [5.74, 6) is 0.889. The van der Waals surface area contributed by atoms with Crippen LogP contribution in [0.2, 0.25) is 0 Å². The van der Waals surface area contributed by atoms with Crippen LogP contribution in [0.4, 0.5) is 17.1 Å². The van der Waals surface area contributed by atoms with Gasteiger partial charge in [0.25, 0.3) is 0 Å². The molecule has 1 aliphatic rings. The molecule has 0 radical (unpaired) electrons. The monoisotopic (exact) mass is 624 g/mol. The Kier molecular flexibility index (Phi) is 5.35. The van der Waals surface area contributed by atoms with E-state index in [-0.39, 0.29) is 0 Å². The number of para-hydroxylation sites is 4. The summed E-state index contributed by atoms with van der Waals surface area (Å²) in [4.78, 5) is 7.64. The summed E-state index contributed by atoms with van der Waals surface area (Å²) < 4.78 is 4.64. The molecule has 0 aliphatic carbocycles. The molecule has 228 valence electrons. The van der Waals surface area contributed by atoms with E-state index in [2.05, 4.69) is 178 Å². The predicted octanol–water partition coefficient (Wildman–Crippen LogP) is 11.9. The summed E-state index contributed by atoms with van der Waals surface area (Å²) in [6, 6.07) is 59.0. The molecule has 0 fully saturated rings. The van der Waals surface area contributed by atoms with Gasteiger partial charge in [0.1, 0.15) is 5.82 Å². The van der Waals surface area contributed by atoms with E-state index in [9.17, 15) is 0 Å². The van der Waals surface area contributed by atoms with Gasteiger partial charge < -0.3 is 9.47 Å². The van der Waals surface area contributed by atoms with Crippen molar-refractivity contribution >= 4 is 71.4 Å². The van der Waals surface area contributed by atoms with E-state index in [1.165, 1.54) is 65.9 Å². The van der Waals surface area contributed by atoms with Crippen molar-refractivity contribution in [3.63, 3.8) is 0 Å². The van der Waals surface area contributed by atoms with Crippen molar-refractivity contribution in [2.75, 3.05) is 4.90 Å². The molecule has 49 heavy (non-hydrogen) atoms. The van der Waals surface area contributed by atoms with Gasteiger partial charge >= 0.3 is 0 Å². The van der Waals surface area contributed by atoms with Crippen LogP contribution in [0.3, 0.4) is 0 Å². The van der Waals surface area contributed by atoms with Gasteiger partial charge in [-0.05, 0) is 65.5 Å². The van der Waals surface area contributed by atoms with Gasteiger partial charge in [-0.2, -0.15) is 0 Å². The van der Waals surface area contributed by atoms with Gasteiger partial charge in [-0.1, -0.05) is 109 Å². The molecule has 0 N–H and O–H groups in total. The fraction of sp³-hybridized carbons (Fsp3) is 0. The fourth-order valence-electron chi connectivity index (χ4n) is 8.28. The average molecular weight is 625 g/mol. The van der Waals surface area contributed by atoms with E-state index in [4.69, 9.17) is 4.98 Å². The highest BCUT2D eigenvalue weighted by Gasteiger charge is 2.30. The highest BCUT2D eigenvalue weighted by molar-refractivity contribution is 6.24. The highest BCUT2D eigenvalue weighted by Crippen LogP contribution is 2.54. The Morgan fingerprint density at radius 2 is 1.04 bits per heavy atom. The van der Waals surface area contributed by atoms with Crippen LogP contribution in [0, 0.1) is 0 Å². The number of benzene rings is 7. The minimum atomic E-state index is 0.889. The number of hydrogen-bond acceptors (Lipinski definition) is 2. The molecule has 0 spiro atoms. The van der Waals surface area contributed by atoms with Gasteiger partial charge in [-0.15, -0.1) is 0 Å². The molecular weight excluding hydrogens is 597 g/mol. The van der Waals surface area contributed by atoms with E-state index >= 15 is 0 Å². The first-order valence-electron chi connectivity index (χ1n) is 16.7. The van der Waals surface area contributed by atoms with Crippen molar-refractivity contribution in [2.24, 2.45) is 0 Å². The van der Waals surface area contributed by atoms with Crippen LogP contribution in [0.5, 0.6) is 0 Å². The van der Waals surface area contributed by atoms with Crippen LogP contribution < -0.4 is 4.90 Å². The molecule has 4 heteroatoms. The summed E-state index contributed by atoms with van der Waals surface area (Å²) in [7, 11) is 0. The molecule has 0 bridgehead atoms. The first-order chi connectivity index (χ1) is 24.3. The molecule has 1 aliphatic heterocycles. The minimum Gasteiger partial charge on any atom is -0.309 e. The lowest BCUT2D eigenvalue weighted by Gasteiger charge is -2.34. The smallest absolute Gasteiger partial charge is 0.137 e. The van der Waals surface area contributed by atoms with Crippen molar-refractivity contribution < 1.29 is 0 Å². The molecule has 0 amide bonds. The first-order valence-corrected chi connectivity index (χ1v) is 16.7. The van der Waals surface area contributed by atoms with E-state index in [0.717, 1.165) is 28.2 Å². The summed E-state index contributed by atoms with van der Waals surface area (Å²) in [5, 5.41) is 7.44. The number of anilines is 3. The molecule has 3 aromatic heterocycles. The number of nitrogens with zero attached hydrogens (tertiary/aromatic N) is 4. The van der Waals surface area contributed by atoms with E-state index in [0.29, 0.717) is 0 Å². The first kappa shape index (κ1) is 26.4. The Labute approximate surface area is 282 Å². The molecule has 11 rings (SSSR count). The summed E-state index contributed by atoms with van der Waals surface area (Å²) in [6.45, 7) is 0. The summed E-state index contributed by atoms with van der Waals surface area (Å²) in [5.41, 5.74) is 11.7. The van der Waals surface area contributed by atoms with E-state index in [1.54, 1.807) is 0 Å². The largest absolute Gasteiger partial charge is 0.309 e. The van der Waals surface area contributed by atoms with Crippen LogP contribution in [0.1, 0.15) is 0 Å². The second kappa shape index (κ2) is 9.93. The third-order valence-corrected chi connectivity index (χ3v) is 10.3. The Hall–Kier alpha value is -6.65. The lowest BCUT2D eigenvalue weighted by atomic mass is 9.89. The summed E-state index contributed by atoms with van der Waals surface area (Å²) >= 11 is 0. The second-order valence-corrected chi connectivity index (χ2v) is 12.8. The molecular formula is C45H28N4. The fourth-order valence-corrected chi connectivity index (χ4v) is 8.28. The lowest BCUT2D eigenvalue weighted by molar-refractivity contribution is 1.05. The van der Waals surface area contributed by atoms with Crippen molar-refractivity contribution in [3.05, 3.63) is 170 Å². The third-order valence-electron chi connectivity index (χ3n) is 10.3. The maximum absolute atomic E-state index is 5.18. The molecule has 0 atom stereocenters. The molecule has 0 saturated carbocycles. The maximum Gasteiger partial charge on any atom is 0.137 e. The van der Waals surface area contributed by atoms with Crippen molar-refractivity contribution in [1.82, 2.24) is 14.1 Å². The van der Waals surface area contributed by atoms with E-state index < -0.39 is 0 Å². The van der Waals surface area contributed by atoms with Crippen molar-refractivity contribution in [3.8, 4) is 22.6 Å². The summed E-state index contributed by atoms with van der Waals surface area (Å²) in [6.07, 6.45) is 2.01. The quantitative estimate of drug-likeness (QED) is 0.195. The van der Waals surface area contributed by atoms with Crippen LogP contribution in [-0.4, -0.2) is 14.1 Å². The van der Waals surface area contributed by atoms with Crippen LogP contribution >= 0.6 is 0 Å². The van der Waals surface area contributed by atoms with Gasteiger partial charge in [0, 0.05) is 38.2 Å². The SMILES string of the molecule is c1ccc(N2c3cccc4cccc(c34)-c3ccc4c(c32)c2ccccc2n4-c2ccc(-n3c4ccccc4c4ccccc43)cn2)cc1. The lowest BCUT2D eigenvalue weighted by Crippen LogP contribution is -2.15. The molecule has 4 heterocycles. The van der Waals surface area contributed by atoms with Crippen molar-refractivity contribution in [1.29, 1.82) is 0 Å². The van der Waals surface area contributed by atoms with Crippen LogP contribution in [0.15, 0.2) is 170 Å². The van der Waals surface area contributed by atoms with Crippen molar-refractivity contribution in [2.45, 2.75) is 0 Å². The van der Waals surface area contributed by atoms with E-state index in [1.807, 2.05) is 6.20 Å². The maximum atomic E-state index is 5.18. The zero-order valence-electron chi connectivity index (χ0n) is 26.5. The third kappa shape index (κ3) is 3.60. The number of aromatic nitrogens is 3. The molecule has 10 aromatic rings. The van der Waals surface area contributed by atoms with Gasteiger partial charge in [0.15, 0.2) is 0 Å².